The minimum absolute atomic E-state index is 0. The molecule has 1 N–H and O–H groups in total. The first-order valence-electron chi connectivity index (χ1n) is 5.18. The molecule has 0 aromatic heterocycles. The predicted octanol–water partition coefficient (Wildman–Crippen LogP) is 2.15. The van der Waals surface area contributed by atoms with Crippen molar-refractivity contribution in [1.82, 2.24) is 5.32 Å². The van der Waals surface area contributed by atoms with Crippen molar-refractivity contribution in [2.75, 3.05) is 6.61 Å². The normalized spacial score (nSPS) is 11.4. The molecule has 1 aromatic rings. The van der Waals surface area contributed by atoms with Crippen LogP contribution in [0.3, 0.4) is 0 Å². The van der Waals surface area contributed by atoms with Gasteiger partial charge in [-0.2, -0.15) is 0 Å². The van der Waals surface area contributed by atoms with Gasteiger partial charge in [-0.15, -0.1) is 12.4 Å². The number of halogens is 1. The summed E-state index contributed by atoms with van der Waals surface area (Å²) in [5, 5.41) is 3.11. The van der Waals surface area contributed by atoms with Crippen molar-refractivity contribution in [3.63, 3.8) is 0 Å². The highest BCUT2D eigenvalue weighted by Gasteiger charge is 2.12. The fourth-order valence-corrected chi connectivity index (χ4v) is 1.22. The van der Waals surface area contributed by atoms with Gasteiger partial charge in [0.25, 0.3) is 0 Å². The van der Waals surface area contributed by atoms with Crippen molar-refractivity contribution in [3.8, 4) is 0 Å². The fourth-order valence-electron chi connectivity index (χ4n) is 1.22. The van der Waals surface area contributed by atoms with Gasteiger partial charge < -0.3 is 10.1 Å². The molecule has 4 heteroatoms. The van der Waals surface area contributed by atoms with Crippen molar-refractivity contribution >= 4 is 18.4 Å². The van der Waals surface area contributed by atoms with E-state index in [1.807, 2.05) is 37.3 Å². The first-order chi connectivity index (χ1) is 7.24. The van der Waals surface area contributed by atoms with Crippen LogP contribution in [0, 0.1) is 0 Å². The second-order valence-corrected chi connectivity index (χ2v) is 3.34. The standard InChI is InChI=1S/C12H17NO2.ClH/c1-3-15-12(14)10(2)13-9-11-7-5-4-6-8-11;/h4-8,10,13H,3,9H2,1-2H3;1H/t10-;/m0./s1. The number of ether oxygens (including phenoxy) is 1. The van der Waals surface area contributed by atoms with Crippen LogP contribution in [-0.4, -0.2) is 18.6 Å². The monoisotopic (exact) mass is 243 g/mol. The van der Waals surface area contributed by atoms with Gasteiger partial charge in [0.05, 0.1) is 6.61 Å². The summed E-state index contributed by atoms with van der Waals surface area (Å²) in [6.45, 7) is 4.72. The molecule has 90 valence electrons. The lowest BCUT2D eigenvalue weighted by Crippen LogP contribution is -2.34. The number of esters is 1. The maximum absolute atomic E-state index is 11.3. The smallest absolute Gasteiger partial charge is 0.322 e. The maximum atomic E-state index is 11.3. The van der Waals surface area contributed by atoms with Gasteiger partial charge in [0.15, 0.2) is 0 Å². The summed E-state index contributed by atoms with van der Waals surface area (Å²) in [7, 11) is 0. The molecule has 0 amide bonds. The van der Waals surface area contributed by atoms with E-state index < -0.39 is 0 Å². The van der Waals surface area contributed by atoms with E-state index in [-0.39, 0.29) is 24.4 Å². The van der Waals surface area contributed by atoms with E-state index in [1.165, 1.54) is 0 Å². The third kappa shape index (κ3) is 5.14. The van der Waals surface area contributed by atoms with Crippen molar-refractivity contribution in [1.29, 1.82) is 0 Å². The van der Waals surface area contributed by atoms with Crippen LogP contribution in [0.25, 0.3) is 0 Å². The Morgan fingerprint density at radius 1 is 1.38 bits per heavy atom. The van der Waals surface area contributed by atoms with E-state index >= 15 is 0 Å². The first-order valence-corrected chi connectivity index (χ1v) is 5.18. The Morgan fingerprint density at radius 2 is 2.00 bits per heavy atom. The number of nitrogens with one attached hydrogen (secondary N) is 1. The van der Waals surface area contributed by atoms with Crippen LogP contribution in [0.2, 0.25) is 0 Å². The lowest BCUT2D eigenvalue weighted by Gasteiger charge is -2.12. The van der Waals surface area contributed by atoms with E-state index in [0.29, 0.717) is 13.2 Å². The molecule has 3 nitrogen and oxygen atoms in total. The molecule has 0 saturated heterocycles. The highest BCUT2D eigenvalue weighted by Crippen LogP contribution is 1.98. The molecule has 0 aliphatic carbocycles. The van der Waals surface area contributed by atoms with Crippen molar-refractivity contribution in [2.45, 2.75) is 26.4 Å². The summed E-state index contributed by atoms with van der Waals surface area (Å²) < 4.78 is 4.89. The van der Waals surface area contributed by atoms with Gasteiger partial charge in [0.2, 0.25) is 0 Å². The first kappa shape index (κ1) is 14.9. The number of carbonyl (C=O) groups is 1. The third-order valence-electron chi connectivity index (χ3n) is 2.10. The van der Waals surface area contributed by atoms with E-state index in [4.69, 9.17) is 4.74 Å². The van der Waals surface area contributed by atoms with Crippen LogP contribution in [-0.2, 0) is 16.1 Å². The second kappa shape index (κ2) is 8.13. The van der Waals surface area contributed by atoms with Crippen molar-refractivity contribution in [3.05, 3.63) is 35.9 Å². The van der Waals surface area contributed by atoms with Crippen LogP contribution < -0.4 is 5.32 Å². The Balaban J connectivity index is 0.00000225. The van der Waals surface area contributed by atoms with Gasteiger partial charge in [-0.25, -0.2) is 0 Å². The Labute approximate surface area is 103 Å². The van der Waals surface area contributed by atoms with Gasteiger partial charge in [-0.1, -0.05) is 30.3 Å². The minimum Gasteiger partial charge on any atom is -0.465 e. The molecule has 0 heterocycles. The molecule has 1 atom stereocenters. The number of carbonyl (C=O) groups excluding carboxylic acids is 1. The summed E-state index contributed by atoms with van der Waals surface area (Å²) in [5.74, 6) is -0.201. The second-order valence-electron chi connectivity index (χ2n) is 3.34. The van der Waals surface area contributed by atoms with Gasteiger partial charge >= 0.3 is 5.97 Å². The van der Waals surface area contributed by atoms with Crippen LogP contribution in [0.4, 0.5) is 0 Å². The molecule has 0 radical (unpaired) electrons. The number of hydrogen-bond acceptors (Lipinski definition) is 3. The van der Waals surface area contributed by atoms with Gasteiger partial charge in [0, 0.05) is 6.54 Å². The van der Waals surface area contributed by atoms with Crippen molar-refractivity contribution in [2.24, 2.45) is 0 Å². The van der Waals surface area contributed by atoms with Crippen LogP contribution in [0.1, 0.15) is 19.4 Å². The molecule has 1 aromatic carbocycles. The lowest BCUT2D eigenvalue weighted by molar-refractivity contribution is -0.145. The zero-order valence-electron chi connectivity index (χ0n) is 9.60. The molecule has 1 rings (SSSR count). The minimum atomic E-state index is -0.259. The largest absolute Gasteiger partial charge is 0.465 e. The molecular weight excluding hydrogens is 226 g/mol. The molecule has 0 aliphatic heterocycles. The fraction of sp³-hybridized carbons (Fsp3) is 0.417. The lowest BCUT2D eigenvalue weighted by atomic mass is 10.2. The maximum Gasteiger partial charge on any atom is 0.322 e. The molecule has 0 unspecified atom stereocenters. The molecule has 0 saturated carbocycles. The van der Waals surface area contributed by atoms with E-state index in [2.05, 4.69) is 5.32 Å². The topological polar surface area (TPSA) is 38.3 Å². The average Bonchev–Trinajstić information content (AvgIpc) is 2.27. The van der Waals surface area contributed by atoms with Crippen LogP contribution in [0.5, 0.6) is 0 Å². The Morgan fingerprint density at radius 3 is 2.56 bits per heavy atom. The molecule has 0 fully saturated rings. The van der Waals surface area contributed by atoms with Crippen LogP contribution in [0.15, 0.2) is 30.3 Å². The van der Waals surface area contributed by atoms with Gasteiger partial charge in [0.1, 0.15) is 6.04 Å². The Bertz CT molecular complexity index is 303. The molecule has 0 spiro atoms. The molecule has 0 aliphatic rings. The predicted molar refractivity (Wildman–Crippen MR) is 66.6 cm³/mol. The SMILES string of the molecule is CCOC(=O)[C@H](C)NCc1ccccc1.Cl. The third-order valence-corrected chi connectivity index (χ3v) is 2.10. The highest BCUT2D eigenvalue weighted by atomic mass is 35.5. The summed E-state index contributed by atoms with van der Waals surface area (Å²) >= 11 is 0. The number of hydrogen-bond donors (Lipinski definition) is 1. The summed E-state index contributed by atoms with van der Waals surface area (Å²) in [6.07, 6.45) is 0. The van der Waals surface area contributed by atoms with E-state index in [1.54, 1.807) is 6.92 Å². The Kier molecular flexibility index (Phi) is 7.60. The van der Waals surface area contributed by atoms with E-state index in [0.717, 1.165) is 5.56 Å². The zero-order chi connectivity index (χ0) is 11.1. The van der Waals surface area contributed by atoms with Gasteiger partial charge in [-0.3, -0.25) is 4.79 Å². The van der Waals surface area contributed by atoms with Crippen molar-refractivity contribution < 1.29 is 9.53 Å². The molecule has 16 heavy (non-hydrogen) atoms. The zero-order valence-corrected chi connectivity index (χ0v) is 10.4. The quantitative estimate of drug-likeness (QED) is 0.806. The average molecular weight is 244 g/mol. The highest BCUT2D eigenvalue weighted by molar-refractivity contribution is 5.85. The summed E-state index contributed by atoms with van der Waals surface area (Å²) in [6, 6.07) is 9.71. The van der Waals surface area contributed by atoms with Crippen LogP contribution >= 0.6 is 12.4 Å². The van der Waals surface area contributed by atoms with E-state index in [9.17, 15) is 4.79 Å². The molecule has 0 bridgehead atoms. The Hall–Kier alpha value is -1.06. The van der Waals surface area contributed by atoms with Gasteiger partial charge in [-0.05, 0) is 19.4 Å². The number of benzene rings is 1. The summed E-state index contributed by atoms with van der Waals surface area (Å²) in [5.41, 5.74) is 1.16. The molecular formula is C12H18ClNO2. The summed E-state index contributed by atoms with van der Waals surface area (Å²) in [4.78, 5) is 11.3. The number of rotatable bonds is 5.